The van der Waals surface area contributed by atoms with E-state index in [-0.39, 0.29) is 11.0 Å². The van der Waals surface area contributed by atoms with Gasteiger partial charge in [-0.05, 0) is 19.1 Å². The molecule has 0 aromatic carbocycles. The van der Waals surface area contributed by atoms with E-state index in [1.54, 1.807) is 0 Å². The third-order valence-corrected chi connectivity index (χ3v) is 3.79. The van der Waals surface area contributed by atoms with E-state index in [1.807, 2.05) is 0 Å². The van der Waals surface area contributed by atoms with Crippen molar-refractivity contribution >= 4 is 33.4 Å². The molecule has 0 radical (unpaired) electrons. The summed E-state index contributed by atoms with van der Waals surface area (Å²) in [5.41, 5.74) is 0. The third-order valence-electron chi connectivity index (χ3n) is 1.96. The molecule has 0 aliphatic heterocycles. The van der Waals surface area contributed by atoms with Crippen LogP contribution in [0.5, 0.6) is 0 Å². The summed E-state index contributed by atoms with van der Waals surface area (Å²) in [6.07, 6.45) is 0. The Kier molecular flexibility index (Phi) is 4.30. The maximum Gasteiger partial charge on any atom is 0.325 e. The standard InChI is InChI=1S/C9H11ClN2O4S/c1-6(9(13)16-2)17(14,15)12-8-5-3-4-7(10)11-8/h3-6H,1-2H3,(H,11,12). The number of halogens is 1. The minimum Gasteiger partial charge on any atom is -0.468 e. The van der Waals surface area contributed by atoms with Crippen molar-refractivity contribution in [2.45, 2.75) is 12.2 Å². The van der Waals surface area contributed by atoms with Gasteiger partial charge in [0.25, 0.3) is 0 Å². The van der Waals surface area contributed by atoms with Crippen LogP contribution in [-0.2, 0) is 19.6 Å². The van der Waals surface area contributed by atoms with Gasteiger partial charge in [-0.25, -0.2) is 13.4 Å². The Labute approximate surface area is 104 Å². The quantitative estimate of drug-likeness (QED) is 0.657. The number of esters is 1. The van der Waals surface area contributed by atoms with Crippen LogP contribution in [0.4, 0.5) is 5.82 Å². The first-order chi connectivity index (χ1) is 7.86. The molecule has 0 saturated heterocycles. The minimum absolute atomic E-state index is 0.0493. The molecule has 94 valence electrons. The maximum absolute atomic E-state index is 11.7. The van der Waals surface area contributed by atoms with Crippen LogP contribution in [0.3, 0.4) is 0 Å². The summed E-state index contributed by atoms with van der Waals surface area (Å²) >= 11 is 5.61. The highest BCUT2D eigenvalue weighted by Gasteiger charge is 2.29. The number of carbonyl (C=O) groups excluding carboxylic acids is 1. The van der Waals surface area contributed by atoms with E-state index < -0.39 is 21.2 Å². The van der Waals surface area contributed by atoms with Crippen molar-refractivity contribution in [1.82, 2.24) is 4.98 Å². The zero-order valence-corrected chi connectivity index (χ0v) is 10.7. The molecule has 17 heavy (non-hydrogen) atoms. The van der Waals surface area contributed by atoms with Crippen molar-refractivity contribution in [2.24, 2.45) is 0 Å². The fourth-order valence-corrected chi connectivity index (χ4v) is 2.09. The van der Waals surface area contributed by atoms with Crippen LogP contribution in [0.15, 0.2) is 18.2 Å². The van der Waals surface area contributed by atoms with Gasteiger partial charge in [-0.2, -0.15) is 0 Å². The van der Waals surface area contributed by atoms with Crippen LogP contribution in [-0.4, -0.2) is 31.7 Å². The molecule has 0 spiro atoms. The SMILES string of the molecule is COC(=O)C(C)S(=O)(=O)Nc1cccc(Cl)n1. The molecule has 0 bridgehead atoms. The Morgan fingerprint density at radius 1 is 1.53 bits per heavy atom. The monoisotopic (exact) mass is 278 g/mol. The highest BCUT2D eigenvalue weighted by molar-refractivity contribution is 7.94. The van der Waals surface area contributed by atoms with Crippen molar-refractivity contribution in [3.63, 3.8) is 0 Å². The number of carbonyl (C=O) groups is 1. The van der Waals surface area contributed by atoms with Gasteiger partial charge < -0.3 is 4.74 Å². The molecular formula is C9H11ClN2O4S. The summed E-state index contributed by atoms with van der Waals surface area (Å²) in [4.78, 5) is 14.9. The summed E-state index contributed by atoms with van der Waals surface area (Å²) < 4.78 is 29.9. The van der Waals surface area contributed by atoms with Crippen LogP contribution in [0.25, 0.3) is 0 Å². The van der Waals surface area contributed by atoms with Crippen LogP contribution in [0.2, 0.25) is 5.15 Å². The van der Waals surface area contributed by atoms with E-state index in [9.17, 15) is 13.2 Å². The molecule has 0 amide bonds. The number of anilines is 1. The van der Waals surface area contributed by atoms with Gasteiger partial charge in [0.05, 0.1) is 7.11 Å². The molecular weight excluding hydrogens is 268 g/mol. The van der Waals surface area contributed by atoms with Crippen LogP contribution in [0, 0.1) is 0 Å². The lowest BCUT2D eigenvalue weighted by Gasteiger charge is -2.12. The number of pyridine rings is 1. The Bertz CT molecular complexity index is 517. The highest BCUT2D eigenvalue weighted by atomic mass is 35.5. The fourth-order valence-electron chi connectivity index (χ4n) is 0.992. The van der Waals surface area contributed by atoms with E-state index in [0.29, 0.717) is 0 Å². The molecule has 0 saturated carbocycles. The molecule has 8 heteroatoms. The van der Waals surface area contributed by atoms with Gasteiger partial charge in [0, 0.05) is 0 Å². The molecule has 1 atom stereocenters. The summed E-state index contributed by atoms with van der Waals surface area (Å²) in [6.45, 7) is 1.22. The second-order valence-corrected chi connectivity index (χ2v) is 5.55. The number of rotatable bonds is 4. The van der Waals surface area contributed by atoms with Gasteiger partial charge >= 0.3 is 5.97 Å². The van der Waals surface area contributed by atoms with Crippen LogP contribution < -0.4 is 4.72 Å². The van der Waals surface area contributed by atoms with E-state index in [0.717, 1.165) is 7.11 Å². The largest absolute Gasteiger partial charge is 0.468 e. The smallest absolute Gasteiger partial charge is 0.325 e. The number of nitrogens with one attached hydrogen (secondary N) is 1. The number of nitrogens with zero attached hydrogens (tertiary/aromatic N) is 1. The molecule has 0 aliphatic rings. The minimum atomic E-state index is -3.89. The van der Waals surface area contributed by atoms with Crippen molar-refractivity contribution in [3.05, 3.63) is 23.4 Å². The molecule has 1 rings (SSSR count). The molecule has 1 unspecified atom stereocenters. The second kappa shape index (κ2) is 5.33. The fraction of sp³-hybridized carbons (Fsp3) is 0.333. The van der Waals surface area contributed by atoms with Crippen LogP contribution in [0.1, 0.15) is 6.92 Å². The lowest BCUT2D eigenvalue weighted by molar-refractivity contribution is -0.139. The Balaban J connectivity index is 2.90. The van der Waals surface area contributed by atoms with Crippen molar-refractivity contribution in [3.8, 4) is 0 Å². The van der Waals surface area contributed by atoms with E-state index in [2.05, 4.69) is 14.4 Å². The van der Waals surface area contributed by atoms with E-state index >= 15 is 0 Å². The number of methoxy groups -OCH3 is 1. The number of hydrogen-bond donors (Lipinski definition) is 1. The average Bonchev–Trinajstić information content (AvgIpc) is 2.26. The number of sulfonamides is 1. The summed E-state index contributed by atoms with van der Waals surface area (Å²) in [5.74, 6) is -0.798. The molecule has 0 aliphatic carbocycles. The lowest BCUT2D eigenvalue weighted by Crippen LogP contribution is -2.33. The summed E-state index contributed by atoms with van der Waals surface area (Å²) in [5, 5.41) is -1.18. The van der Waals surface area contributed by atoms with Gasteiger partial charge in [0.1, 0.15) is 11.0 Å². The maximum atomic E-state index is 11.7. The van der Waals surface area contributed by atoms with Crippen LogP contribution >= 0.6 is 11.6 Å². The van der Waals surface area contributed by atoms with E-state index in [4.69, 9.17) is 11.6 Å². The zero-order valence-electron chi connectivity index (χ0n) is 9.18. The van der Waals surface area contributed by atoms with E-state index in [1.165, 1.54) is 25.1 Å². The van der Waals surface area contributed by atoms with Gasteiger partial charge in [0.15, 0.2) is 5.25 Å². The predicted molar refractivity (Wildman–Crippen MR) is 63.3 cm³/mol. The third kappa shape index (κ3) is 3.57. The van der Waals surface area contributed by atoms with Crippen molar-refractivity contribution in [1.29, 1.82) is 0 Å². The average molecular weight is 279 g/mol. The first-order valence-electron chi connectivity index (χ1n) is 4.59. The van der Waals surface area contributed by atoms with Gasteiger partial charge in [0.2, 0.25) is 10.0 Å². The van der Waals surface area contributed by atoms with Crippen molar-refractivity contribution < 1.29 is 17.9 Å². The van der Waals surface area contributed by atoms with Gasteiger partial charge in [-0.1, -0.05) is 17.7 Å². The topological polar surface area (TPSA) is 85.4 Å². The Hall–Kier alpha value is -1.34. The number of aromatic nitrogens is 1. The lowest BCUT2D eigenvalue weighted by atomic mass is 10.5. The van der Waals surface area contributed by atoms with Gasteiger partial charge in [-0.3, -0.25) is 9.52 Å². The Morgan fingerprint density at radius 2 is 2.18 bits per heavy atom. The summed E-state index contributed by atoms with van der Waals surface area (Å²) in [6, 6.07) is 4.46. The number of hydrogen-bond acceptors (Lipinski definition) is 5. The first kappa shape index (κ1) is 13.7. The molecule has 6 nitrogen and oxygen atoms in total. The normalized spacial score (nSPS) is 12.9. The number of ether oxygens (including phenoxy) is 1. The predicted octanol–water partition coefficient (Wildman–Crippen LogP) is 1.04. The van der Waals surface area contributed by atoms with Gasteiger partial charge in [-0.15, -0.1) is 0 Å². The zero-order chi connectivity index (χ0) is 13.1. The molecule has 1 aromatic heterocycles. The molecule has 1 N–H and O–H groups in total. The molecule has 1 heterocycles. The molecule has 0 fully saturated rings. The van der Waals surface area contributed by atoms with Crippen molar-refractivity contribution in [2.75, 3.05) is 11.8 Å². The summed E-state index contributed by atoms with van der Waals surface area (Å²) in [7, 11) is -2.77. The highest BCUT2D eigenvalue weighted by Crippen LogP contribution is 2.13. The second-order valence-electron chi connectivity index (χ2n) is 3.16. The molecule has 1 aromatic rings. The first-order valence-corrected chi connectivity index (χ1v) is 6.51. The Morgan fingerprint density at radius 3 is 2.71 bits per heavy atom.